The lowest BCUT2D eigenvalue weighted by molar-refractivity contribution is 0.0547. The Kier molecular flexibility index (Phi) is 4.88. The average molecular weight is 339 g/mol. The number of esters is 1. The molecule has 1 aromatic carbocycles. The van der Waals surface area contributed by atoms with Gasteiger partial charge in [-0.25, -0.2) is 4.79 Å². The summed E-state index contributed by atoms with van der Waals surface area (Å²) in [5.74, 6) is -0.274. The van der Waals surface area contributed by atoms with Gasteiger partial charge in [0.25, 0.3) is 0 Å². The van der Waals surface area contributed by atoms with E-state index in [1.54, 1.807) is 59.2 Å². The number of hydrogen-bond acceptors (Lipinski definition) is 6. The molecule has 3 rings (SSSR count). The minimum atomic E-state index is -0.274. The van der Waals surface area contributed by atoms with Gasteiger partial charge in [-0.3, -0.25) is 0 Å². The van der Waals surface area contributed by atoms with Crippen molar-refractivity contribution in [2.45, 2.75) is 0 Å². The summed E-state index contributed by atoms with van der Waals surface area (Å²) < 4.78 is 7.91. The van der Waals surface area contributed by atoms with Gasteiger partial charge in [-0.2, -0.15) is 0 Å². The molecule has 6 heteroatoms. The second-order valence-electron chi connectivity index (χ2n) is 3.83. The van der Waals surface area contributed by atoms with Gasteiger partial charge in [-0.1, -0.05) is 65.2 Å². The zero-order chi connectivity index (χ0) is 13.8. The lowest BCUT2D eigenvalue weighted by Crippen LogP contribution is -2.06. The fourth-order valence-electron chi connectivity index (χ4n) is 1.54. The molecule has 20 heavy (non-hydrogen) atoms. The van der Waals surface area contributed by atoms with Gasteiger partial charge in [0.1, 0.15) is 6.61 Å². The quantitative estimate of drug-likeness (QED) is 0.699. The van der Waals surface area contributed by atoms with E-state index in [0.717, 1.165) is 4.91 Å². The number of rotatable bonds is 3. The summed E-state index contributed by atoms with van der Waals surface area (Å²) in [7, 11) is 0. The molecule has 0 spiro atoms. The third-order valence-corrected chi connectivity index (χ3v) is 7.49. The van der Waals surface area contributed by atoms with Gasteiger partial charge < -0.3 is 4.74 Å². The predicted molar refractivity (Wildman–Crippen MR) is 91.3 cm³/mol. The van der Waals surface area contributed by atoms with Gasteiger partial charge in [0.2, 0.25) is 0 Å². The van der Waals surface area contributed by atoms with Crippen molar-refractivity contribution in [3.05, 3.63) is 65.5 Å². The highest BCUT2D eigenvalue weighted by Crippen LogP contribution is 2.53. The van der Waals surface area contributed by atoms with Crippen LogP contribution in [0.1, 0.15) is 10.4 Å². The molecule has 0 atom stereocenters. The first-order chi connectivity index (χ1) is 9.83. The Hall–Kier alpha value is -0.690. The van der Waals surface area contributed by atoms with E-state index < -0.39 is 0 Å². The van der Waals surface area contributed by atoms with Crippen LogP contribution in [0.5, 0.6) is 0 Å². The lowest BCUT2D eigenvalue weighted by atomic mass is 10.2. The summed E-state index contributed by atoms with van der Waals surface area (Å²) in [4.78, 5) is 12.9. The smallest absolute Gasteiger partial charge is 0.338 e. The molecule has 0 saturated carbocycles. The fraction of sp³-hybridized carbons (Fsp3) is 0.0714. The normalized spacial score (nSPS) is 17.5. The Labute approximate surface area is 134 Å². The van der Waals surface area contributed by atoms with E-state index in [4.69, 9.17) is 4.74 Å². The van der Waals surface area contributed by atoms with Crippen molar-refractivity contribution in [2.24, 2.45) is 0 Å². The van der Waals surface area contributed by atoms with E-state index >= 15 is 0 Å². The summed E-state index contributed by atoms with van der Waals surface area (Å²) in [6, 6.07) is 9.07. The van der Waals surface area contributed by atoms with Crippen molar-refractivity contribution in [3.8, 4) is 0 Å². The second-order valence-corrected chi connectivity index (χ2v) is 8.19. The minimum absolute atomic E-state index is 0.274. The standard InChI is InChI=1S/C14H10O2S4/c15-12(10-4-2-1-3-5-10)16-8-11-9-19-14(20-11)13-17-6-7-18-13/h1-7,9H,8H2. The van der Waals surface area contributed by atoms with Gasteiger partial charge in [0.05, 0.1) is 14.0 Å². The lowest BCUT2D eigenvalue weighted by Gasteiger charge is -2.05. The third-order valence-electron chi connectivity index (χ3n) is 2.45. The molecule has 0 amide bonds. The molecule has 0 radical (unpaired) electrons. The molecule has 2 aliphatic rings. The van der Waals surface area contributed by atoms with Crippen LogP contribution in [0.4, 0.5) is 0 Å². The summed E-state index contributed by atoms with van der Waals surface area (Å²) in [5, 5.41) is 6.23. The van der Waals surface area contributed by atoms with Gasteiger partial charge in [0, 0.05) is 4.91 Å². The molecule has 0 aromatic heterocycles. The van der Waals surface area contributed by atoms with Crippen LogP contribution in [-0.4, -0.2) is 12.6 Å². The summed E-state index contributed by atoms with van der Waals surface area (Å²) in [6.45, 7) is 0.338. The largest absolute Gasteiger partial charge is 0.457 e. The van der Waals surface area contributed by atoms with Crippen LogP contribution < -0.4 is 0 Å². The van der Waals surface area contributed by atoms with Crippen molar-refractivity contribution < 1.29 is 9.53 Å². The van der Waals surface area contributed by atoms with Gasteiger partial charge in [-0.15, -0.1) is 0 Å². The van der Waals surface area contributed by atoms with Crippen LogP contribution in [0.25, 0.3) is 0 Å². The molecule has 0 bridgehead atoms. The first kappa shape index (κ1) is 14.3. The van der Waals surface area contributed by atoms with E-state index in [0.29, 0.717) is 12.2 Å². The number of thioether (sulfide) groups is 4. The van der Waals surface area contributed by atoms with E-state index in [1.165, 1.54) is 8.47 Å². The summed E-state index contributed by atoms with van der Waals surface area (Å²) >= 11 is 6.88. The maximum Gasteiger partial charge on any atom is 0.338 e. The SMILES string of the molecule is O=C(OCC1=CSC(=C2SC=CS2)S1)c1ccccc1. The first-order valence-electron chi connectivity index (χ1n) is 5.81. The zero-order valence-corrected chi connectivity index (χ0v) is 13.5. The number of carbonyl (C=O) groups is 1. The van der Waals surface area contributed by atoms with Crippen LogP contribution >= 0.6 is 47.0 Å². The molecule has 0 saturated heterocycles. The number of ether oxygens (including phenoxy) is 1. The monoisotopic (exact) mass is 338 g/mol. The number of benzene rings is 1. The van der Waals surface area contributed by atoms with Crippen molar-refractivity contribution >= 4 is 53.0 Å². The Morgan fingerprint density at radius 3 is 2.50 bits per heavy atom. The molecule has 2 nitrogen and oxygen atoms in total. The van der Waals surface area contributed by atoms with E-state index in [-0.39, 0.29) is 5.97 Å². The van der Waals surface area contributed by atoms with Crippen molar-refractivity contribution in [1.29, 1.82) is 0 Å². The van der Waals surface area contributed by atoms with Crippen LogP contribution in [-0.2, 0) is 4.74 Å². The van der Waals surface area contributed by atoms with Gasteiger partial charge in [0.15, 0.2) is 0 Å². The Balaban J connectivity index is 1.53. The Morgan fingerprint density at radius 1 is 1.00 bits per heavy atom. The van der Waals surface area contributed by atoms with Crippen LogP contribution in [0.2, 0.25) is 0 Å². The molecule has 0 unspecified atom stereocenters. The maximum absolute atomic E-state index is 11.8. The third kappa shape index (κ3) is 3.49. The summed E-state index contributed by atoms with van der Waals surface area (Å²) in [5.41, 5.74) is 0.591. The highest BCUT2D eigenvalue weighted by molar-refractivity contribution is 8.33. The zero-order valence-electron chi connectivity index (χ0n) is 10.3. The Morgan fingerprint density at radius 2 is 1.75 bits per heavy atom. The summed E-state index contributed by atoms with van der Waals surface area (Å²) in [6.07, 6.45) is 0. The second kappa shape index (κ2) is 6.85. The number of carbonyl (C=O) groups excluding carboxylic acids is 1. The van der Waals surface area contributed by atoms with Crippen LogP contribution in [0, 0.1) is 0 Å². The molecule has 2 aliphatic heterocycles. The molecule has 102 valence electrons. The van der Waals surface area contributed by atoms with Crippen LogP contribution in [0.15, 0.2) is 59.9 Å². The minimum Gasteiger partial charge on any atom is -0.457 e. The molecule has 0 aliphatic carbocycles. The van der Waals surface area contributed by atoms with Crippen molar-refractivity contribution in [2.75, 3.05) is 6.61 Å². The average Bonchev–Trinajstić information content (AvgIpc) is 3.16. The highest BCUT2D eigenvalue weighted by atomic mass is 32.2. The molecule has 1 aromatic rings. The topological polar surface area (TPSA) is 26.3 Å². The van der Waals surface area contributed by atoms with Crippen molar-refractivity contribution in [3.63, 3.8) is 0 Å². The van der Waals surface area contributed by atoms with Crippen LogP contribution in [0.3, 0.4) is 0 Å². The van der Waals surface area contributed by atoms with E-state index in [2.05, 4.69) is 16.2 Å². The highest BCUT2D eigenvalue weighted by Gasteiger charge is 2.19. The first-order valence-corrected chi connectivity index (χ1v) is 9.27. The maximum atomic E-state index is 11.8. The van der Waals surface area contributed by atoms with E-state index in [9.17, 15) is 4.79 Å². The van der Waals surface area contributed by atoms with Gasteiger partial charge >= 0.3 is 5.97 Å². The number of hydrogen-bond donors (Lipinski definition) is 0. The Bertz CT molecular complexity index is 595. The fourth-order valence-corrected chi connectivity index (χ4v) is 5.93. The molecule has 0 N–H and O–H groups in total. The predicted octanol–water partition coefficient (Wildman–Crippen LogP) is 5.24. The molecule has 0 fully saturated rings. The van der Waals surface area contributed by atoms with Gasteiger partial charge in [-0.05, 0) is 28.4 Å². The molecule has 2 heterocycles. The molecular weight excluding hydrogens is 328 g/mol. The van der Waals surface area contributed by atoms with Crippen molar-refractivity contribution in [1.82, 2.24) is 0 Å². The molecular formula is C14H10O2S4. The van der Waals surface area contributed by atoms with E-state index in [1.807, 2.05) is 18.2 Å².